The maximum atomic E-state index is 6.38. The molecule has 3 rings (SSSR count). The van der Waals surface area contributed by atoms with Crippen LogP contribution < -0.4 is 4.90 Å². The van der Waals surface area contributed by atoms with Crippen molar-refractivity contribution in [1.82, 2.24) is 4.90 Å². The molecule has 0 N–H and O–H groups in total. The molecule has 27 heavy (non-hydrogen) atoms. The molecule has 0 aromatic heterocycles. The zero-order valence-electron chi connectivity index (χ0n) is 16.0. The van der Waals surface area contributed by atoms with Crippen molar-refractivity contribution >= 4 is 28.9 Å². The first-order valence-corrected chi connectivity index (χ1v) is 9.75. The van der Waals surface area contributed by atoms with Crippen LogP contribution in [-0.4, -0.2) is 64.6 Å². The summed E-state index contributed by atoms with van der Waals surface area (Å²) >= 11 is 12.5. The fraction of sp³-hybridized carbons (Fsp3) is 0.500. The molecule has 1 atom stereocenters. The van der Waals surface area contributed by atoms with Crippen molar-refractivity contribution in [2.45, 2.75) is 12.0 Å². The Kier molecular flexibility index (Phi) is 6.58. The average Bonchev–Trinajstić information content (AvgIpc) is 2.70. The summed E-state index contributed by atoms with van der Waals surface area (Å²) in [6.07, 6.45) is 4.82. The van der Waals surface area contributed by atoms with Crippen LogP contribution in [0.15, 0.2) is 41.9 Å². The molecule has 1 unspecified atom stereocenters. The van der Waals surface area contributed by atoms with E-state index in [1.807, 2.05) is 30.4 Å². The van der Waals surface area contributed by atoms with Gasteiger partial charge in [-0.3, -0.25) is 4.90 Å². The third-order valence-corrected chi connectivity index (χ3v) is 6.06. The van der Waals surface area contributed by atoms with Crippen LogP contribution in [0, 0.1) is 0 Å². The molecule has 1 fully saturated rings. The van der Waals surface area contributed by atoms with Gasteiger partial charge < -0.3 is 19.1 Å². The Morgan fingerprint density at radius 3 is 2.33 bits per heavy atom. The van der Waals surface area contributed by atoms with Gasteiger partial charge in [-0.2, -0.15) is 0 Å². The molecule has 0 radical (unpaired) electrons. The fourth-order valence-electron chi connectivity index (χ4n) is 3.66. The van der Waals surface area contributed by atoms with E-state index in [2.05, 4.69) is 9.80 Å². The van der Waals surface area contributed by atoms with Gasteiger partial charge in [0.25, 0.3) is 0 Å². The highest BCUT2D eigenvalue weighted by Crippen LogP contribution is 2.34. The monoisotopic (exact) mass is 412 g/mol. The van der Waals surface area contributed by atoms with Crippen molar-refractivity contribution in [3.63, 3.8) is 0 Å². The maximum Gasteiger partial charge on any atom is 0.159 e. The Balaban J connectivity index is 1.65. The number of anilines is 1. The van der Waals surface area contributed by atoms with Crippen molar-refractivity contribution in [3.8, 4) is 0 Å². The second-order valence-electron chi connectivity index (χ2n) is 6.79. The predicted octanol–water partition coefficient (Wildman–Crippen LogP) is 3.96. The minimum Gasteiger partial charge on any atom is -0.493 e. The van der Waals surface area contributed by atoms with E-state index in [1.54, 1.807) is 21.3 Å². The van der Waals surface area contributed by atoms with Crippen molar-refractivity contribution in [3.05, 3.63) is 51.9 Å². The second kappa shape index (κ2) is 8.74. The van der Waals surface area contributed by atoms with Crippen LogP contribution in [0.2, 0.25) is 10.0 Å². The minimum absolute atomic E-state index is 0.413. The molecular formula is C20H26Cl2N2O3. The highest BCUT2D eigenvalue weighted by Gasteiger charge is 2.35. The standard InChI is InChI=1S/C20H26Cl2N2O3/c1-25-17-7-8-20(27-3,13-18(17)26-2)14-23-9-11-24(12-10-23)16-6-4-5-15(21)19(16)22/h4-7,13H,8-12,14H2,1-3H3. The lowest BCUT2D eigenvalue weighted by Gasteiger charge is -2.41. The number of methoxy groups -OCH3 is 3. The molecule has 1 aromatic carbocycles. The van der Waals surface area contributed by atoms with E-state index in [9.17, 15) is 0 Å². The van der Waals surface area contributed by atoms with Gasteiger partial charge in [0.15, 0.2) is 11.5 Å². The molecular weight excluding hydrogens is 387 g/mol. The Morgan fingerprint density at radius 2 is 1.70 bits per heavy atom. The molecule has 1 aliphatic heterocycles. The lowest BCUT2D eigenvalue weighted by molar-refractivity contribution is -0.00424. The van der Waals surface area contributed by atoms with Crippen molar-refractivity contribution < 1.29 is 14.2 Å². The summed E-state index contributed by atoms with van der Waals surface area (Å²) in [6, 6.07) is 5.78. The van der Waals surface area contributed by atoms with Crippen LogP contribution in [0.25, 0.3) is 0 Å². The summed E-state index contributed by atoms with van der Waals surface area (Å²) < 4.78 is 16.8. The number of halogens is 2. The molecule has 0 saturated carbocycles. The van der Waals surface area contributed by atoms with Crippen LogP contribution in [0.3, 0.4) is 0 Å². The summed E-state index contributed by atoms with van der Waals surface area (Å²) in [7, 11) is 5.05. The first-order chi connectivity index (χ1) is 13.0. The quantitative estimate of drug-likeness (QED) is 0.705. The van der Waals surface area contributed by atoms with E-state index in [0.29, 0.717) is 10.0 Å². The molecule has 0 spiro atoms. The summed E-state index contributed by atoms with van der Waals surface area (Å²) in [6.45, 7) is 4.41. The number of ether oxygens (including phenoxy) is 3. The lowest BCUT2D eigenvalue weighted by Crippen LogP contribution is -2.52. The Labute approximate surface area is 171 Å². The molecule has 0 bridgehead atoms. The second-order valence-corrected chi connectivity index (χ2v) is 7.58. The SMILES string of the molecule is COC1=CCC(CN2CCN(c3cccc(Cl)c3Cl)CC2)(OC)C=C1OC. The van der Waals surface area contributed by atoms with Gasteiger partial charge in [-0.25, -0.2) is 0 Å². The van der Waals surface area contributed by atoms with E-state index in [1.165, 1.54) is 0 Å². The van der Waals surface area contributed by atoms with Crippen LogP contribution >= 0.6 is 23.2 Å². The third kappa shape index (κ3) is 4.37. The van der Waals surface area contributed by atoms with Gasteiger partial charge in [-0.1, -0.05) is 29.3 Å². The van der Waals surface area contributed by atoms with Gasteiger partial charge in [-0.05, 0) is 24.3 Å². The van der Waals surface area contributed by atoms with E-state index >= 15 is 0 Å². The van der Waals surface area contributed by atoms with E-state index in [4.69, 9.17) is 37.4 Å². The van der Waals surface area contributed by atoms with Crippen molar-refractivity contribution in [2.24, 2.45) is 0 Å². The molecule has 1 saturated heterocycles. The fourth-order valence-corrected chi connectivity index (χ4v) is 4.07. The average molecular weight is 413 g/mol. The smallest absolute Gasteiger partial charge is 0.159 e. The number of rotatable bonds is 6. The number of hydrogen-bond donors (Lipinski definition) is 0. The predicted molar refractivity (Wildman–Crippen MR) is 110 cm³/mol. The first kappa shape index (κ1) is 20.3. The van der Waals surface area contributed by atoms with E-state index in [0.717, 1.165) is 56.4 Å². The van der Waals surface area contributed by atoms with Gasteiger partial charge >= 0.3 is 0 Å². The highest BCUT2D eigenvalue weighted by molar-refractivity contribution is 6.43. The van der Waals surface area contributed by atoms with Gasteiger partial charge in [-0.15, -0.1) is 0 Å². The molecule has 1 aliphatic carbocycles. The largest absolute Gasteiger partial charge is 0.493 e. The van der Waals surface area contributed by atoms with Gasteiger partial charge in [0, 0.05) is 46.3 Å². The third-order valence-electron chi connectivity index (χ3n) is 5.25. The van der Waals surface area contributed by atoms with Crippen molar-refractivity contribution in [1.29, 1.82) is 0 Å². The van der Waals surface area contributed by atoms with Gasteiger partial charge in [0.2, 0.25) is 0 Å². The summed E-state index contributed by atoms with van der Waals surface area (Å²) in [5, 5.41) is 1.22. The lowest BCUT2D eigenvalue weighted by atomic mass is 9.92. The summed E-state index contributed by atoms with van der Waals surface area (Å²) in [5.74, 6) is 1.47. The van der Waals surface area contributed by atoms with Crippen LogP contribution in [-0.2, 0) is 14.2 Å². The molecule has 0 amide bonds. The molecule has 5 nitrogen and oxygen atoms in total. The number of nitrogens with zero attached hydrogens (tertiary/aromatic N) is 2. The molecule has 1 heterocycles. The number of hydrogen-bond acceptors (Lipinski definition) is 5. The molecule has 2 aliphatic rings. The maximum absolute atomic E-state index is 6.38. The Bertz CT molecular complexity index is 730. The zero-order valence-corrected chi connectivity index (χ0v) is 17.5. The Morgan fingerprint density at radius 1 is 1.00 bits per heavy atom. The van der Waals surface area contributed by atoms with Crippen LogP contribution in [0.5, 0.6) is 0 Å². The van der Waals surface area contributed by atoms with Crippen molar-refractivity contribution in [2.75, 3.05) is 59.0 Å². The highest BCUT2D eigenvalue weighted by atomic mass is 35.5. The zero-order chi connectivity index (χ0) is 19.4. The first-order valence-electron chi connectivity index (χ1n) is 9.00. The Hall–Kier alpha value is -1.40. The topological polar surface area (TPSA) is 34.2 Å². The molecule has 1 aromatic rings. The van der Waals surface area contributed by atoms with Gasteiger partial charge in [0.1, 0.15) is 5.60 Å². The molecule has 148 valence electrons. The summed E-state index contributed by atoms with van der Waals surface area (Å²) in [5.41, 5.74) is 0.584. The van der Waals surface area contributed by atoms with Gasteiger partial charge in [0.05, 0.1) is 30.0 Å². The van der Waals surface area contributed by atoms with Crippen LogP contribution in [0.4, 0.5) is 5.69 Å². The van der Waals surface area contributed by atoms with E-state index in [-0.39, 0.29) is 0 Å². The summed E-state index contributed by atoms with van der Waals surface area (Å²) in [4.78, 5) is 4.69. The normalized spacial score (nSPS) is 23.7. The molecule has 7 heteroatoms. The minimum atomic E-state index is -0.413. The van der Waals surface area contributed by atoms with Crippen LogP contribution in [0.1, 0.15) is 6.42 Å². The van der Waals surface area contributed by atoms with E-state index < -0.39 is 5.60 Å². The number of benzene rings is 1. The number of piperazine rings is 1.